The maximum Gasteiger partial charge on any atom is 0.243 e. The number of morpholine rings is 1. The second kappa shape index (κ2) is 10.4. The molecule has 7 nitrogen and oxygen atoms in total. The number of ether oxygens (including phenoxy) is 1. The van der Waals surface area contributed by atoms with Gasteiger partial charge >= 0.3 is 0 Å². The molecule has 0 saturated carbocycles. The second-order valence-electron chi connectivity index (χ2n) is 7.76. The van der Waals surface area contributed by atoms with Crippen LogP contribution in [0.2, 0.25) is 0 Å². The minimum Gasteiger partial charge on any atom is -0.379 e. The molecule has 10 heteroatoms. The number of hydrogen-bond donors (Lipinski definition) is 1. The molecular formula is C22H27F2N3O4S. The Kier molecular flexibility index (Phi) is 7.81. The number of amides is 1. The lowest BCUT2D eigenvalue weighted by molar-refractivity contribution is -0.122. The van der Waals surface area contributed by atoms with Crippen molar-refractivity contribution in [1.29, 1.82) is 0 Å². The number of nitrogens with zero attached hydrogens (tertiary/aromatic N) is 2. The summed E-state index contributed by atoms with van der Waals surface area (Å²) in [5.41, 5.74) is 1.88. The van der Waals surface area contributed by atoms with Gasteiger partial charge in [-0.25, -0.2) is 17.2 Å². The van der Waals surface area contributed by atoms with Crippen LogP contribution in [0, 0.1) is 11.6 Å². The summed E-state index contributed by atoms with van der Waals surface area (Å²) in [5, 5.41) is 2.71. The van der Waals surface area contributed by atoms with Crippen LogP contribution in [-0.2, 0) is 32.6 Å². The zero-order valence-electron chi connectivity index (χ0n) is 18.1. The first-order valence-corrected chi connectivity index (χ1v) is 12.1. The summed E-state index contributed by atoms with van der Waals surface area (Å²) in [5.74, 6) is -2.85. The average Bonchev–Trinajstić information content (AvgIpc) is 2.75. The SMILES string of the molecule is CC(C(=O)NCc1ccc(CN2CCOCC2)cc1)N(c1ccc(F)c(F)c1)S(C)(=O)=O. The van der Waals surface area contributed by atoms with Crippen LogP contribution >= 0.6 is 0 Å². The van der Waals surface area contributed by atoms with Gasteiger partial charge < -0.3 is 10.1 Å². The fourth-order valence-electron chi connectivity index (χ4n) is 3.55. The van der Waals surface area contributed by atoms with Gasteiger partial charge in [-0.2, -0.15) is 0 Å². The predicted octanol–water partition coefficient (Wildman–Crippen LogP) is 2.27. The number of hydrogen-bond acceptors (Lipinski definition) is 5. The Morgan fingerprint density at radius 2 is 1.72 bits per heavy atom. The van der Waals surface area contributed by atoms with Gasteiger partial charge in [0.25, 0.3) is 0 Å². The van der Waals surface area contributed by atoms with E-state index in [0.29, 0.717) is 0 Å². The molecule has 1 N–H and O–H groups in total. The number of halogens is 2. The summed E-state index contributed by atoms with van der Waals surface area (Å²) in [6, 6.07) is 9.34. The van der Waals surface area contributed by atoms with Gasteiger partial charge in [-0.3, -0.25) is 14.0 Å². The lowest BCUT2D eigenvalue weighted by atomic mass is 10.1. The van der Waals surface area contributed by atoms with Crippen molar-refractivity contribution < 1.29 is 26.7 Å². The highest BCUT2D eigenvalue weighted by Gasteiger charge is 2.29. The zero-order chi connectivity index (χ0) is 23.3. The van der Waals surface area contributed by atoms with Gasteiger partial charge in [0.1, 0.15) is 6.04 Å². The third-order valence-electron chi connectivity index (χ3n) is 5.25. The molecule has 1 heterocycles. The molecule has 2 aromatic rings. The summed E-state index contributed by atoms with van der Waals surface area (Å²) >= 11 is 0. The summed E-state index contributed by atoms with van der Waals surface area (Å²) in [6.45, 7) is 5.67. The van der Waals surface area contributed by atoms with Gasteiger partial charge in [0.2, 0.25) is 15.9 Å². The molecule has 174 valence electrons. The molecule has 1 unspecified atom stereocenters. The van der Waals surface area contributed by atoms with Gasteiger partial charge in [-0.1, -0.05) is 24.3 Å². The van der Waals surface area contributed by atoms with E-state index in [1.54, 1.807) is 0 Å². The van der Waals surface area contributed by atoms with Crippen LogP contribution in [0.4, 0.5) is 14.5 Å². The molecule has 0 bridgehead atoms. The highest BCUT2D eigenvalue weighted by Crippen LogP contribution is 2.23. The highest BCUT2D eigenvalue weighted by molar-refractivity contribution is 7.92. The predicted molar refractivity (Wildman–Crippen MR) is 118 cm³/mol. The molecule has 32 heavy (non-hydrogen) atoms. The van der Waals surface area contributed by atoms with Gasteiger partial charge in [0.15, 0.2) is 11.6 Å². The van der Waals surface area contributed by atoms with Crippen LogP contribution in [0.3, 0.4) is 0 Å². The topological polar surface area (TPSA) is 79.0 Å². The molecule has 1 amide bonds. The minimum absolute atomic E-state index is 0.124. The molecule has 3 rings (SSSR count). The lowest BCUT2D eigenvalue weighted by Crippen LogP contribution is -2.47. The van der Waals surface area contributed by atoms with Crippen molar-refractivity contribution in [3.05, 3.63) is 65.2 Å². The molecule has 1 atom stereocenters. The van der Waals surface area contributed by atoms with E-state index >= 15 is 0 Å². The first-order valence-electron chi connectivity index (χ1n) is 10.3. The molecule has 0 spiro atoms. The van der Waals surface area contributed by atoms with Crippen molar-refractivity contribution in [2.75, 3.05) is 36.9 Å². The summed E-state index contributed by atoms with van der Waals surface area (Å²) in [6.07, 6.45) is 0.908. The standard InChI is InChI=1S/C22H27F2N3O4S/c1-16(27(32(2,29)30)19-7-8-20(23)21(24)13-19)22(28)25-14-17-3-5-18(6-4-17)15-26-9-11-31-12-10-26/h3-8,13,16H,9-12,14-15H2,1-2H3,(H,25,28). The molecule has 1 aliphatic rings. The Labute approximate surface area is 187 Å². The highest BCUT2D eigenvalue weighted by atomic mass is 32.2. The zero-order valence-corrected chi connectivity index (χ0v) is 18.9. The van der Waals surface area contributed by atoms with Crippen LogP contribution in [0.15, 0.2) is 42.5 Å². The average molecular weight is 468 g/mol. The Hall–Kier alpha value is -2.56. The Morgan fingerprint density at radius 3 is 2.31 bits per heavy atom. The summed E-state index contributed by atoms with van der Waals surface area (Å²) in [7, 11) is -3.92. The molecule has 1 aliphatic heterocycles. The Bertz CT molecular complexity index is 1040. The molecule has 1 fully saturated rings. The van der Waals surface area contributed by atoms with Crippen molar-refractivity contribution in [2.24, 2.45) is 0 Å². The quantitative estimate of drug-likeness (QED) is 0.645. The first kappa shape index (κ1) is 24.1. The molecule has 2 aromatic carbocycles. The van der Waals surface area contributed by atoms with E-state index in [0.717, 1.165) is 72.7 Å². The summed E-state index contributed by atoms with van der Waals surface area (Å²) < 4.78 is 57.5. The molecule has 0 radical (unpaired) electrons. The van der Waals surface area contributed by atoms with Crippen molar-refractivity contribution in [1.82, 2.24) is 10.2 Å². The third kappa shape index (κ3) is 6.24. The van der Waals surface area contributed by atoms with E-state index in [2.05, 4.69) is 10.2 Å². The smallest absolute Gasteiger partial charge is 0.243 e. The van der Waals surface area contributed by atoms with Crippen molar-refractivity contribution >= 4 is 21.6 Å². The minimum atomic E-state index is -3.92. The van der Waals surface area contributed by atoms with Crippen LogP contribution in [0.25, 0.3) is 0 Å². The number of carbonyl (C=O) groups is 1. The van der Waals surface area contributed by atoms with Crippen molar-refractivity contribution in [2.45, 2.75) is 26.1 Å². The van der Waals surface area contributed by atoms with Crippen molar-refractivity contribution in [3.63, 3.8) is 0 Å². The van der Waals surface area contributed by atoms with E-state index in [4.69, 9.17) is 4.74 Å². The van der Waals surface area contributed by atoms with Gasteiger partial charge in [0, 0.05) is 32.2 Å². The van der Waals surface area contributed by atoms with E-state index in [-0.39, 0.29) is 12.2 Å². The molecule has 1 saturated heterocycles. The fraction of sp³-hybridized carbons (Fsp3) is 0.409. The number of anilines is 1. The van der Waals surface area contributed by atoms with Crippen LogP contribution in [0.1, 0.15) is 18.1 Å². The fourth-order valence-corrected chi connectivity index (χ4v) is 4.71. The maximum absolute atomic E-state index is 13.6. The van der Waals surface area contributed by atoms with E-state index < -0.39 is 33.6 Å². The van der Waals surface area contributed by atoms with E-state index in [1.807, 2.05) is 24.3 Å². The maximum atomic E-state index is 13.6. The lowest BCUT2D eigenvalue weighted by Gasteiger charge is -2.28. The number of carbonyl (C=O) groups excluding carboxylic acids is 1. The van der Waals surface area contributed by atoms with E-state index in [9.17, 15) is 22.0 Å². The molecular weight excluding hydrogens is 440 g/mol. The van der Waals surface area contributed by atoms with Crippen LogP contribution in [-0.4, -0.2) is 57.8 Å². The number of benzene rings is 2. The van der Waals surface area contributed by atoms with Gasteiger partial charge in [-0.05, 0) is 30.2 Å². The van der Waals surface area contributed by atoms with Crippen LogP contribution < -0.4 is 9.62 Å². The molecule has 0 aromatic heterocycles. The van der Waals surface area contributed by atoms with E-state index in [1.165, 1.54) is 6.92 Å². The monoisotopic (exact) mass is 467 g/mol. The number of nitrogens with one attached hydrogen (secondary N) is 1. The largest absolute Gasteiger partial charge is 0.379 e. The van der Waals surface area contributed by atoms with Crippen molar-refractivity contribution in [3.8, 4) is 0 Å². The van der Waals surface area contributed by atoms with Gasteiger partial charge in [0.05, 0.1) is 25.2 Å². The number of rotatable bonds is 8. The Morgan fingerprint density at radius 1 is 1.09 bits per heavy atom. The second-order valence-corrected chi connectivity index (χ2v) is 9.62. The third-order valence-corrected chi connectivity index (χ3v) is 6.49. The Balaban J connectivity index is 1.62. The summed E-state index contributed by atoms with van der Waals surface area (Å²) in [4.78, 5) is 15.0. The normalized spacial score (nSPS) is 15.9. The van der Waals surface area contributed by atoms with Crippen LogP contribution in [0.5, 0.6) is 0 Å². The first-order chi connectivity index (χ1) is 15.1. The van der Waals surface area contributed by atoms with Gasteiger partial charge in [-0.15, -0.1) is 0 Å². The molecule has 0 aliphatic carbocycles. The number of sulfonamides is 1.